The van der Waals surface area contributed by atoms with Crippen molar-refractivity contribution in [3.05, 3.63) is 75.6 Å². The Kier molecular flexibility index (Phi) is 6.86. The maximum atomic E-state index is 6.72. The topological polar surface area (TPSA) is 27.1 Å². The second-order valence-corrected chi connectivity index (χ2v) is 15.9. The number of benzene rings is 3. The van der Waals surface area contributed by atoms with Crippen molar-refractivity contribution < 1.29 is 4.74 Å². The summed E-state index contributed by atoms with van der Waals surface area (Å²) >= 11 is 8.99. The molecule has 0 aliphatic rings. The Morgan fingerprint density at radius 2 is 1.58 bits per heavy atom. The maximum absolute atomic E-state index is 6.72. The molecule has 0 aliphatic carbocycles. The zero-order chi connectivity index (χ0) is 22.0. The zero-order valence-electron chi connectivity index (χ0n) is 18.0. The third-order valence-corrected chi connectivity index (χ3v) is 8.15. The molecule has 3 nitrogen and oxygen atoms in total. The summed E-state index contributed by atoms with van der Waals surface area (Å²) in [7, 11) is -1.10. The number of imidazole rings is 1. The van der Waals surface area contributed by atoms with Gasteiger partial charge in [-0.3, -0.25) is 4.57 Å². The van der Waals surface area contributed by atoms with Gasteiger partial charge in [0.25, 0.3) is 0 Å². The lowest BCUT2D eigenvalue weighted by molar-refractivity contribution is 0.0881. The van der Waals surface area contributed by atoms with Crippen molar-refractivity contribution in [3.63, 3.8) is 0 Å². The lowest BCUT2D eigenvalue weighted by Gasteiger charge is -2.16. The van der Waals surface area contributed by atoms with Crippen molar-refractivity contribution in [1.29, 1.82) is 0 Å². The largest absolute Gasteiger partial charge is 0.361 e. The minimum absolute atomic E-state index is 0.501. The van der Waals surface area contributed by atoms with E-state index in [9.17, 15) is 0 Å². The number of nitrogens with zero attached hydrogens (tertiary/aromatic N) is 2. The van der Waals surface area contributed by atoms with Gasteiger partial charge in [0.1, 0.15) is 6.73 Å². The van der Waals surface area contributed by atoms with Crippen molar-refractivity contribution >= 4 is 53.3 Å². The summed E-state index contributed by atoms with van der Waals surface area (Å²) in [5, 5.41) is 0.722. The van der Waals surface area contributed by atoms with Crippen LogP contribution in [-0.4, -0.2) is 24.2 Å². The van der Waals surface area contributed by atoms with Crippen LogP contribution in [0.2, 0.25) is 30.7 Å². The molecule has 1 aromatic heterocycles. The summed E-state index contributed by atoms with van der Waals surface area (Å²) in [5.74, 6) is 0. The van der Waals surface area contributed by atoms with E-state index in [1.54, 1.807) is 0 Å². The van der Waals surface area contributed by atoms with Gasteiger partial charge in [0.15, 0.2) is 3.83 Å². The van der Waals surface area contributed by atoms with Crippen molar-refractivity contribution in [1.82, 2.24) is 9.55 Å². The molecule has 4 aromatic rings. The van der Waals surface area contributed by atoms with E-state index < -0.39 is 8.07 Å². The van der Waals surface area contributed by atoms with Gasteiger partial charge in [0, 0.05) is 42.8 Å². The molecule has 0 N–H and O–H groups in total. The van der Waals surface area contributed by atoms with Crippen LogP contribution in [0, 0.1) is 3.83 Å². The van der Waals surface area contributed by atoms with Gasteiger partial charge in [0.05, 0.1) is 16.1 Å². The molecule has 0 aliphatic heterocycles. The van der Waals surface area contributed by atoms with Crippen molar-refractivity contribution in [3.8, 4) is 22.3 Å². The first-order valence-electron chi connectivity index (χ1n) is 10.4. The van der Waals surface area contributed by atoms with E-state index in [4.69, 9.17) is 21.3 Å². The standard InChI is InChI=1S/C25H26ClIN2OSi/c1-31(2,3)14-13-30-17-29-24-16-22(26)21(15-23(24)28-25(29)27)20-11-9-19(10-12-20)18-7-5-4-6-8-18/h4-12,15-16H,13-14,17H2,1-3H3. The maximum Gasteiger partial charge on any atom is 0.174 e. The number of aromatic nitrogens is 2. The molecule has 0 spiro atoms. The highest BCUT2D eigenvalue weighted by atomic mass is 127. The van der Waals surface area contributed by atoms with E-state index in [-0.39, 0.29) is 0 Å². The molecule has 0 bridgehead atoms. The Bertz CT molecular complexity index is 1180. The first-order chi connectivity index (χ1) is 14.8. The van der Waals surface area contributed by atoms with Crippen molar-refractivity contribution in [2.24, 2.45) is 0 Å². The Balaban J connectivity index is 1.58. The number of halogens is 2. The molecule has 0 amide bonds. The van der Waals surface area contributed by atoms with Crippen LogP contribution in [0.5, 0.6) is 0 Å². The van der Waals surface area contributed by atoms with Crippen molar-refractivity contribution in [2.75, 3.05) is 6.61 Å². The monoisotopic (exact) mass is 560 g/mol. The molecule has 1 heterocycles. The van der Waals surface area contributed by atoms with E-state index in [2.05, 4.69) is 101 Å². The zero-order valence-corrected chi connectivity index (χ0v) is 21.9. The Labute approximate surface area is 203 Å². The summed E-state index contributed by atoms with van der Waals surface area (Å²) in [5.41, 5.74) is 6.42. The number of ether oxygens (including phenoxy) is 1. The van der Waals surface area contributed by atoms with E-state index in [0.717, 1.165) is 43.7 Å². The summed E-state index contributed by atoms with van der Waals surface area (Å²) in [6, 6.07) is 24.1. The molecule has 0 atom stereocenters. The molecule has 0 radical (unpaired) electrons. The molecule has 160 valence electrons. The minimum Gasteiger partial charge on any atom is -0.361 e. The van der Waals surface area contributed by atoms with Crippen molar-refractivity contribution in [2.45, 2.75) is 32.4 Å². The van der Waals surface area contributed by atoms with Crippen LogP contribution < -0.4 is 0 Å². The normalized spacial score (nSPS) is 11.9. The molecule has 6 heteroatoms. The Hall–Kier alpha value is -1.67. The van der Waals surface area contributed by atoms with Crippen LogP contribution in [0.3, 0.4) is 0 Å². The van der Waals surface area contributed by atoms with Gasteiger partial charge in [-0.2, -0.15) is 0 Å². The molecule has 0 unspecified atom stereocenters. The SMILES string of the molecule is C[Si](C)(C)CCOCn1c(I)nc2cc(-c3ccc(-c4ccccc4)cc3)c(Cl)cc21. The van der Waals surface area contributed by atoms with Gasteiger partial charge in [-0.05, 0) is 34.9 Å². The first kappa shape index (κ1) is 22.5. The highest BCUT2D eigenvalue weighted by molar-refractivity contribution is 14.1. The van der Waals surface area contributed by atoms with Gasteiger partial charge in [-0.15, -0.1) is 0 Å². The molecule has 0 saturated heterocycles. The highest BCUT2D eigenvalue weighted by Gasteiger charge is 2.15. The Morgan fingerprint density at radius 3 is 2.26 bits per heavy atom. The van der Waals surface area contributed by atoms with Crippen LogP contribution in [0.1, 0.15) is 0 Å². The number of rotatable bonds is 7. The molecule has 31 heavy (non-hydrogen) atoms. The average molecular weight is 561 g/mol. The van der Waals surface area contributed by atoms with E-state index >= 15 is 0 Å². The lowest BCUT2D eigenvalue weighted by Crippen LogP contribution is -2.22. The highest BCUT2D eigenvalue weighted by Crippen LogP contribution is 2.34. The van der Waals surface area contributed by atoms with Gasteiger partial charge < -0.3 is 4.74 Å². The van der Waals surface area contributed by atoms with Crippen LogP contribution in [0.25, 0.3) is 33.3 Å². The van der Waals surface area contributed by atoms with E-state index in [1.807, 2.05) is 12.1 Å². The van der Waals surface area contributed by atoms with Gasteiger partial charge in [-0.1, -0.05) is 85.8 Å². The molecule has 0 fully saturated rings. The summed E-state index contributed by atoms with van der Waals surface area (Å²) in [6.45, 7) is 8.37. The number of hydrogen-bond acceptors (Lipinski definition) is 2. The first-order valence-corrected chi connectivity index (χ1v) is 15.6. The second kappa shape index (κ2) is 9.44. The van der Waals surface area contributed by atoms with Crippen LogP contribution in [-0.2, 0) is 11.5 Å². The quantitative estimate of drug-likeness (QED) is 0.130. The number of fused-ring (bicyclic) bond motifs is 1. The molecular formula is C25H26ClIN2OSi. The summed E-state index contributed by atoms with van der Waals surface area (Å²) < 4.78 is 8.96. The smallest absolute Gasteiger partial charge is 0.174 e. The second-order valence-electron chi connectivity index (χ2n) is 8.92. The van der Waals surface area contributed by atoms with Gasteiger partial charge in [0.2, 0.25) is 0 Å². The molecule has 0 saturated carbocycles. The third-order valence-electron chi connectivity index (χ3n) is 5.31. The predicted molar refractivity (Wildman–Crippen MR) is 142 cm³/mol. The molecule has 4 rings (SSSR count). The van der Waals surface area contributed by atoms with Crippen LogP contribution in [0.4, 0.5) is 0 Å². The van der Waals surface area contributed by atoms with E-state index in [0.29, 0.717) is 6.73 Å². The fraction of sp³-hybridized carbons (Fsp3) is 0.240. The lowest BCUT2D eigenvalue weighted by atomic mass is 10.00. The van der Waals surface area contributed by atoms with Gasteiger partial charge >= 0.3 is 0 Å². The van der Waals surface area contributed by atoms with Crippen LogP contribution in [0.15, 0.2) is 66.7 Å². The van der Waals surface area contributed by atoms with Gasteiger partial charge in [-0.25, -0.2) is 4.98 Å². The number of hydrogen-bond donors (Lipinski definition) is 0. The minimum atomic E-state index is -1.10. The van der Waals surface area contributed by atoms with E-state index in [1.165, 1.54) is 11.1 Å². The fourth-order valence-corrected chi connectivity index (χ4v) is 5.15. The summed E-state index contributed by atoms with van der Waals surface area (Å²) in [4.78, 5) is 4.75. The summed E-state index contributed by atoms with van der Waals surface area (Å²) in [6.07, 6.45) is 0. The predicted octanol–water partition coefficient (Wildman–Crippen LogP) is 7.94. The molecular weight excluding hydrogens is 535 g/mol. The third kappa shape index (κ3) is 5.39. The Morgan fingerprint density at radius 1 is 0.935 bits per heavy atom. The van der Waals surface area contributed by atoms with Crippen LogP contribution >= 0.6 is 34.2 Å². The molecule has 3 aromatic carbocycles. The fourth-order valence-electron chi connectivity index (χ4n) is 3.47. The average Bonchev–Trinajstić information content (AvgIpc) is 3.05.